The van der Waals surface area contributed by atoms with Crippen LogP contribution in [0.25, 0.3) is 0 Å². The molecule has 110 valence electrons. The molecule has 0 saturated carbocycles. The molecule has 1 amide bonds. The number of rotatable bonds is 6. The van der Waals surface area contributed by atoms with Gasteiger partial charge >= 0.3 is 0 Å². The van der Waals surface area contributed by atoms with Gasteiger partial charge in [-0.15, -0.1) is 0 Å². The number of anilines is 1. The van der Waals surface area contributed by atoms with Crippen molar-refractivity contribution >= 4 is 11.6 Å². The van der Waals surface area contributed by atoms with E-state index in [1.54, 1.807) is 12.1 Å². The maximum atomic E-state index is 12.8. The largest absolute Gasteiger partial charge is 0.380 e. The summed E-state index contributed by atoms with van der Waals surface area (Å²) >= 11 is 0. The molecule has 2 rings (SSSR count). The van der Waals surface area contributed by atoms with Crippen molar-refractivity contribution in [2.45, 2.75) is 25.8 Å². The summed E-state index contributed by atoms with van der Waals surface area (Å²) in [5.74, 6) is -0.376. The van der Waals surface area contributed by atoms with Crippen LogP contribution in [0.2, 0.25) is 0 Å². The molecule has 4 nitrogen and oxygen atoms in total. The topological polar surface area (TPSA) is 41.6 Å². The van der Waals surface area contributed by atoms with Crippen LogP contribution in [0.5, 0.6) is 0 Å². The summed E-state index contributed by atoms with van der Waals surface area (Å²) in [6.45, 7) is 4.64. The molecule has 5 heteroatoms. The Kier molecular flexibility index (Phi) is 5.49. The average molecular weight is 280 g/mol. The number of nitrogens with zero attached hydrogens (tertiary/aromatic N) is 1. The zero-order chi connectivity index (χ0) is 14.4. The predicted molar refractivity (Wildman–Crippen MR) is 76.1 cm³/mol. The van der Waals surface area contributed by atoms with Crippen LogP contribution in [-0.4, -0.2) is 43.2 Å². The van der Waals surface area contributed by atoms with Crippen LogP contribution in [0.3, 0.4) is 0 Å². The van der Waals surface area contributed by atoms with Gasteiger partial charge in [0.15, 0.2) is 0 Å². The summed E-state index contributed by atoms with van der Waals surface area (Å²) in [6.07, 6.45) is 2.17. The number of carbonyl (C=O) groups is 1. The number of ether oxygens (including phenoxy) is 1. The number of benzene rings is 1. The van der Waals surface area contributed by atoms with Crippen LogP contribution in [0.15, 0.2) is 24.3 Å². The standard InChI is InChI=1S/C15H21FN2O2/c1-2-20-11-14-4-3-9-18(14)10-15(19)17-13-7-5-12(16)6-8-13/h5-8,14H,2-4,9-11H2,1H3,(H,17,19)/t14-/m0/s1. The number of likely N-dealkylation sites (tertiary alicyclic amines) is 1. The third-order valence-electron chi connectivity index (χ3n) is 3.49. The molecular formula is C15H21FN2O2. The van der Waals surface area contributed by atoms with Crippen molar-refractivity contribution in [3.63, 3.8) is 0 Å². The number of hydrogen-bond donors (Lipinski definition) is 1. The molecule has 1 fully saturated rings. The maximum Gasteiger partial charge on any atom is 0.238 e. The Labute approximate surface area is 118 Å². The molecule has 20 heavy (non-hydrogen) atoms. The van der Waals surface area contributed by atoms with Gasteiger partial charge in [0, 0.05) is 18.3 Å². The van der Waals surface area contributed by atoms with Gasteiger partial charge in [0.2, 0.25) is 5.91 Å². The van der Waals surface area contributed by atoms with Gasteiger partial charge in [-0.2, -0.15) is 0 Å². The first kappa shape index (κ1) is 14.9. The fourth-order valence-corrected chi connectivity index (χ4v) is 2.46. The van der Waals surface area contributed by atoms with Crippen molar-refractivity contribution in [2.24, 2.45) is 0 Å². The summed E-state index contributed by atoms with van der Waals surface area (Å²) in [4.78, 5) is 14.1. The monoisotopic (exact) mass is 280 g/mol. The molecule has 1 heterocycles. The van der Waals surface area contributed by atoms with Crippen LogP contribution in [-0.2, 0) is 9.53 Å². The zero-order valence-electron chi connectivity index (χ0n) is 11.8. The lowest BCUT2D eigenvalue weighted by Gasteiger charge is -2.23. The Bertz CT molecular complexity index is 436. The highest BCUT2D eigenvalue weighted by molar-refractivity contribution is 5.92. The average Bonchev–Trinajstić information content (AvgIpc) is 2.86. The molecule has 0 aliphatic carbocycles. The van der Waals surface area contributed by atoms with Crippen molar-refractivity contribution < 1.29 is 13.9 Å². The second kappa shape index (κ2) is 7.36. The van der Waals surface area contributed by atoms with E-state index >= 15 is 0 Å². The first-order valence-electron chi connectivity index (χ1n) is 7.06. The van der Waals surface area contributed by atoms with Gasteiger partial charge in [0.25, 0.3) is 0 Å². The van der Waals surface area contributed by atoms with E-state index in [-0.39, 0.29) is 11.7 Å². The van der Waals surface area contributed by atoms with Gasteiger partial charge in [-0.3, -0.25) is 9.69 Å². The van der Waals surface area contributed by atoms with Crippen LogP contribution in [0, 0.1) is 5.82 Å². The van der Waals surface area contributed by atoms with E-state index in [1.807, 2.05) is 6.92 Å². The van der Waals surface area contributed by atoms with E-state index < -0.39 is 0 Å². The Balaban J connectivity index is 1.82. The zero-order valence-corrected chi connectivity index (χ0v) is 11.8. The molecule has 0 unspecified atom stereocenters. The molecule has 0 aromatic heterocycles. The Hall–Kier alpha value is -1.46. The fraction of sp³-hybridized carbons (Fsp3) is 0.533. The molecule has 1 aliphatic heterocycles. The minimum absolute atomic E-state index is 0.0694. The molecule has 1 aliphatic rings. The highest BCUT2D eigenvalue weighted by Gasteiger charge is 2.26. The third kappa shape index (κ3) is 4.28. The summed E-state index contributed by atoms with van der Waals surface area (Å²) < 4.78 is 18.2. The molecule has 1 saturated heterocycles. The SMILES string of the molecule is CCOC[C@@H]1CCCN1CC(=O)Nc1ccc(F)cc1. The molecule has 1 aromatic carbocycles. The molecular weight excluding hydrogens is 259 g/mol. The van der Waals surface area contributed by atoms with Gasteiger partial charge in [0.05, 0.1) is 13.2 Å². The van der Waals surface area contributed by atoms with Crippen LogP contribution < -0.4 is 5.32 Å². The van der Waals surface area contributed by atoms with Gasteiger partial charge in [-0.05, 0) is 50.6 Å². The molecule has 0 spiro atoms. The third-order valence-corrected chi connectivity index (χ3v) is 3.49. The molecule has 0 bridgehead atoms. The first-order valence-corrected chi connectivity index (χ1v) is 7.06. The summed E-state index contributed by atoms with van der Waals surface area (Å²) in [6, 6.07) is 6.13. The van der Waals surface area contributed by atoms with Gasteiger partial charge < -0.3 is 10.1 Å². The highest BCUT2D eigenvalue weighted by Crippen LogP contribution is 2.17. The molecule has 0 radical (unpaired) electrons. The van der Waals surface area contributed by atoms with E-state index in [2.05, 4.69) is 10.2 Å². The van der Waals surface area contributed by atoms with Crippen LogP contribution >= 0.6 is 0 Å². The number of amides is 1. The van der Waals surface area contributed by atoms with Crippen LogP contribution in [0.1, 0.15) is 19.8 Å². The van der Waals surface area contributed by atoms with E-state index in [0.29, 0.717) is 31.5 Å². The normalized spacial score (nSPS) is 19.2. The fourth-order valence-electron chi connectivity index (χ4n) is 2.46. The van der Waals surface area contributed by atoms with Crippen LogP contribution in [0.4, 0.5) is 10.1 Å². The van der Waals surface area contributed by atoms with Crippen molar-refractivity contribution in [2.75, 3.05) is 31.6 Å². The summed E-state index contributed by atoms with van der Waals surface area (Å²) in [7, 11) is 0. The molecule has 1 aromatic rings. The van der Waals surface area contributed by atoms with E-state index in [9.17, 15) is 9.18 Å². The summed E-state index contributed by atoms with van der Waals surface area (Å²) in [5.41, 5.74) is 0.622. The van der Waals surface area contributed by atoms with Gasteiger partial charge in [0.1, 0.15) is 5.82 Å². The minimum Gasteiger partial charge on any atom is -0.380 e. The van der Waals surface area contributed by atoms with Crippen molar-refractivity contribution in [1.82, 2.24) is 4.90 Å². The predicted octanol–water partition coefficient (Wildman–Crippen LogP) is 2.27. The Morgan fingerprint density at radius 2 is 2.20 bits per heavy atom. The quantitative estimate of drug-likeness (QED) is 0.869. The second-order valence-corrected chi connectivity index (χ2v) is 4.98. The smallest absolute Gasteiger partial charge is 0.238 e. The lowest BCUT2D eigenvalue weighted by molar-refractivity contribution is -0.117. The van der Waals surface area contributed by atoms with E-state index in [4.69, 9.17) is 4.74 Å². The van der Waals surface area contributed by atoms with Gasteiger partial charge in [-0.1, -0.05) is 0 Å². The second-order valence-electron chi connectivity index (χ2n) is 4.98. The van der Waals surface area contributed by atoms with Crippen molar-refractivity contribution in [1.29, 1.82) is 0 Å². The first-order chi connectivity index (χ1) is 9.69. The number of carbonyl (C=O) groups excluding carboxylic acids is 1. The minimum atomic E-state index is -0.306. The van der Waals surface area contributed by atoms with Crippen molar-refractivity contribution in [3.05, 3.63) is 30.1 Å². The Morgan fingerprint density at radius 1 is 1.45 bits per heavy atom. The molecule has 1 atom stereocenters. The lowest BCUT2D eigenvalue weighted by Crippen LogP contribution is -2.39. The highest BCUT2D eigenvalue weighted by atomic mass is 19.1. The van der Waals surface area contributed by atoms with Crippen molar-refractivity contribution in [3.8, 4) is 0 Å². The summed E-state index contributed by atoms with van der Waals surface area (Å²) in [5, 5.41) is 2.78. The Morgan fingerprint density at radius 3 is 2.90 bits per heavy atom. The molecule has 1 N–H and O–H groups in total. The number of hydrogen-bond acceptors (Lipinski definition) is 3. The van der Waals surface area contributed by atoms with E-state index in [1.165, 1.54) is 12.1 Å². The lowest BCUT2D eigenvalue weighted by atomic mass is 10.2. The maximum absolute atomic E-state index is 12.8. The number of halogens is 1. The van der Waals surface area contributed by atoms with Gasteiger partial charge in [-0.25, -0.2) is 4.39 Å². The number of nitrogens with one attached hydrogen (secondary N) is 1. The van der Waals surface area contributed by atoms with E-state index in [0.717, 1.165) is 19.4 Å².